The molecule has 9 heteroatoms. The van der Waals surface area contributed by atoms with Gasteiger partial charge in [0.25, 0.3) is 0 Å². The van der Waals surface area contributed by atoms with Crippen molar-refractivity contribution in [3.63, 3.8) is 0 Å². The summed E-state index contributed by atoms with van der Waals surface area (Å²) < 4.78 is 32.5. The second-order valence-electron chi connectivity index (χ2n) is 4.44. The highest BCUT2D eigenvalue weighted by Crippen LogP contribution is 2.28. The fourth-order valence-electron chi connectivity index (χ4n) is 2.00. The number of hydrogen-bond donors (Lipinski definition) is 1. The van der Waals surface area contributed by atoms with Gasteiger partial charge in [-0.05, 0) is 0 Å². The molecule has 120 valence electrons. The topological polar surface area (TPSA) is 108 Å². The maximum atomic E-state index is 13.0. The van der Waals surface area contributed by atoms with Crippen molar-refractivity contribution in [3.05, 3.63) is 0 Å². The Morgan fingerprint density at radius 1 is 0.952 bits per heavy atom. The molecule has 0 amide bonds. The monoisotopic (exact) mass is 308 g/mol. The van der Waals surface area contributed by atoms with Crippen LogP contribution in [0.2, 0.25) is 0 Å². The van der Waals surface area contributed by atoms with E-state index in [-0.39, 0.29) is 0 Å². The van der Waals surface area contributed by atoms with Gasteiger partial charge in [0.15, 0.2) is 24.6 Å². The van der Waals surface area contributed by atoms with Gasteiger partial charge < -0.3 is 24.1 Å². The van der Waals surface area contributed by atoms with E-state index in [1.54, 1.807) is 0 Å². The number of esters is 3. The molecular formula is C12H17FO8. The normalized spacial score (nSPS) is 32.1. The highest BCUT2D eigenvalue weighted by molar-refractivity contribution is 5.68. The summed E-state index contributed by atoms with van der Waals surface area (Å²) >= 11 is 0. The van der Waals surface area contributed by atoms with Crippen LogP contribution < -0.4 is 0 Å². The molecule has 1 rings (SSSR count). The summed E-state index contributed by atoms with van der Waals surface area (Å²) in [6.07, 6.45) is -7.21. The smallest absolute Gasteiger partial charge is 0.303 e. The van der Waals surface area contributed by atoms with Gasteiger partial charge in [-0.15, -0.1) is 0 Å². The van der Waals surface area contributed by atoms with Crippen LogP contribution in [0.3, 0.4) is 0 Å². The average Bonchev–Trinajstić information content (AvgIpc) is 2.35. The lowest BCUT2D eigenvalue weighted by Gasteiger charge is -2.42. The van der Waals surface area contributed by atoms with E-state index in [0.717, 1.165) is 20.8 Å². The van der Waals surface area contributed by atoms with Gasteiger partial charge in [-0.2, -0.15) is 0 Å². The Balaban J connectivity index is 3.08. The molecule has 0 aromatic carbocycles. The molecule has 0 aromatic rings. The zero-order valence-corrected chi connectivity index (χ0v) is 11.8. The first-order valence-corrected chi connectivity index (χ1v) is 6.17. The second-order valence-corrected chi connectivity index (χ2v) is 4.44. The number of carbonyl (C=O) groups excluding carboxylic acids is 3. The third kappa shape index (κ3) is 4.64. The molecule has 1 aliphatic rings. The first-order valence-electron chi connectivity index (χ1n) is 6.17. The van der Waals surface area contributed by atoms with E-state index in [0.29, 0.717) is 0 Å². The summed E-state index contributed by atoms with van der Waals surface area (Å²) in [5, 5.41) is 9.76. The van der Waals surface area contributed by atoms with Gasteiger partial charge in [0.1, 0.15) is 12.8 Å². The van der Waals surface area contributed by atoms with Gasteiger partial charge >= 0.3 is 17.9 Å². The molecule has 0 aliphatic carbocycles. The Morgan fingerprint density at radius 2 is 1.38 bits per heavy atom. The zero-order chi connectivity index (χ0) is 16.2. The maximum Gasteiger partial charge on any atom is 0.303 e. The van der Waals surface area contributed by atoms with E-state index in [1.807, 2.05) is 0 Å². The maximum absolute atomic E-state index is 13.0. The highest BCUT2D eigenvalue weighted by Gasteiger charge is 2.51. The Hall–Kier alpha value is -1.74. The third-order valence-corrected chi connectivity index (χ3v) is 2.67. The van der Waals surface area contributed by atoms with Gasteiger partial charge in [-0.1, -0.05) is 0 Å². The van der Waals surface area contributed by atoms with E-state index in [1.165, 1.54) is 0 Å². The molecule has 0 aromatic heterocycles. The Kier molecular flexibility index (Phi) is 6.03. The standard InChI is InChI=1S/C12H17FO8/c1-5(14)18-9-8(4-13)21-12(17)11(20-7(3)16)10(9)19-6(2)15/h8-12,17H,4H2,1-3H3/t8-,9-,10-,11-,12-/m1/s1. The SMILES string of the molecule is CC(=O)O[C@H]1[C@@H](OC(C)=O)[C@H](O)O[C@H](CF)[C@H]1OC(C)=O. The number of hydrogen-bond acceptors (Lipinski definition) is 8. The van der Waals surface area contributed by atoms with Crippen LogP contribution in [0.25, 0.3) is 0 Å². The van der Waals surface area contributed by atoms with Crippen LogP contribution in [0.1, 0.15) is 20.8 Å². The quantitative estimate of drug-likeness (QED) is 0.545. The lowest BCUT2D eigenvalue weighted by atomic mass is 9.98. The molecule has 1 heterocycles. The molecule has 1 fully saturated rings. The predicted octanol–water partition coefficient (Wildman–Crippen LogP) is -0.532. The van der Waals surface area contributed by atoms with Crippen molar-refractivity contribution in [2.45, 2.75) is 51.5 Å². The number of rotatable bonds is 4. The highest BCUT2D eigenvalue weighted by atomic mass is 19.1. The lowest BCUT2D eigenvalue weighted by molar-refractivity contribution is -0.292. The first kappa shape index (κ1) is 17.3. The minimum atomic E-state index is -1.72. The number of halogens is 1. The van der Waals surface area contributed by atoms with Crippen LogP contribution >= 0.6 is 0 Å². The van der Waals surface area contributed by atoms with Crippen LogP contribution in [0, 0.1) is 0 Å². The summed E-state index contributed by atoms with van der Waals surface area (Å²) in [7, 11) is 0. The van der Waals surface area contributed by atoms with E-state index in [2.05, 4.69) is 0 Å². The van der Waals surface area contributed by atoms with Gasteiger partial charge in [-0.25, -0.2) is 4.39 Å². The van der Waals surface area contributed by atoms with Crippen LogP contribution in [0.4, 0.5) is 4.39 Å². The molecule has 0 radical (unpaired) electrons. The number of ether oxygens (including phenoxy) is 4. The van der Waals surface area contributed by atoms with Crippen molar-refractivity contribution in [1.29, 1.82) is 0 Å². The van der Waals surface area contributed by atoms with E-state index < -0.39 is 55.3 Å². The largest absolute Gasteiger partial charge is 0.456 e. The van der Waals surface area contributed by atoms with Crippen molar-refractivity contribution in [1.82, 2.24) is 0 Å². The Bertz CT molecular complexity index is 412. The predicted molar refractivity (Wildman–Crippen MR) is 63.5 cm³/mol. The van der Waals surface area contributed by atoms with Crippen molar-refractivity contribution in [2.24, 2.45) is 0 Å². The van der Waals surface area contributed by atoms with E-state index in [9.17, 15) is 23.9 Å². The number of alkyl halides is 1. The fraction of sp³-hybridized carbons (Fsp3) is 0.750. The minimum Gasteiger partial charge on any atom is -0.456 e. The average molecular weight is 308 g/mol. The number of carbonyl (C=O) groups is 3. The molecule has 8 nitrogen and oxygen atoms in total. The molecule has 1 saturated heterocycles. The molecule has 0 unspecified atom stereocenters. The summed E-state index contributed by atoms with van der Waals surface area (Å²) in [4.78, 5) is 33.3. The molecule has 0 saturated carbocycles. The number of aliphatic hydroxyl groups excluding tert-OH is 1. The van der Waals surface area contributed by atoms with Gasteiger partial charge in [0, 0.05) is 20.8 Å². The molecule has 21 heavy (non-hydrogen) atoms. The van der Waals surface area contributed by atoms with Gasteiger partial charge in [0.2, 0.25) is 0 Å². The summed E-state index contributed by atoms with van der Waals surface area (Å²) in [5.41, 5.74) is 0. The Morgan fingerprint density at radius 3 is 1.81 bits per heavy atom. The van der Waals surface area contributed by atoms with Crippen molar-refractivity contribution < 1.29 is 42.8 Å². The molecule has 0 bridgehead atoms. The molecular weight excluding hydrogens is 291 g/mol. The van der Waals surface area contributed by atoms with E-state index in [4.69, 9.17) is 18.9 Å². The first-order chi connectivity index (χ1) is 9.76. The Labute approximate surface area is 120 Å². The van der Waals surface area contributed by atoms with Crippen LogP contribution in [-0.4, -0.2) is 60.4 Å². The minimum absolute atomic E-state index is 0.767. The molecule has 1 N–H and O–H groups in total. The van der Waals surface area contributed by atoms with Gasteiger partial charge in [0.05, 0.1) is 0 Å². The second kappa shape index (κ2) is 7.32. The lowest BCUT2D eigenvalue weighted by Crippen LogP contribution is -2.61. The van der Waals surface area contributed by atoms with Gasteiger partial charge in [-0.3, -0.25) is 14.4 Å². The van der Waals surface area contributed by atoms with Crippen LogP contribution in [-0.2, 0) is 33.3 Å². The number of aliphatic hydroxyl groups is 1. The summed E-state index contributed by atoms with van der Waals surface area (Å²) in [6.45, 7) is 2.12. The summed E-state index contributed by atoms with van der Waals surface area (Å²) in [5.74, 6) is -2.32. The van der Waals surface area contributed by atoms with Crippen molar-refractivity contribution in [2.75, 3.05) is 6.67 Å². The van der Waals surface area contributed by atoms with Crippen molar-refractivity contribution >= 4 is 17.9 Å². The van der Waals surface area contributed by atoms with Crippen LogP contribution in [0.15, 0.2) is 0 Å². The zero-order valence-electron chi connectivity index (χ0n) is 11.8. The van der Waals surface area contributed by atoms with Crippen LogP contribution in [0.5, 0.6) is 0 Å². The molecule has 1 aliphatic heterocycles. The molecule has 5 atom stereocenters. The third-order valence-electron chi connectivity index (χ3n) is 2.67. The van der Waals surface area contributed by atoms with Crippen molar-refractivity contribution in [3.8, 4) is 0 Å². The van der Waals surface area contributed by atoms with E-state index >= 15 is 0 Å². The molecule has 0 spiro atoms. The fourth-order valence-corrected chi connectivity index (χ4v) is 2.00. The summed E-state index contributed by atoms with van der Waals surface area (Å²) in [6, 6.07) is 0.